The molecule has 0 radical (unpaired) electrons. The Labute approximate surface area is 122 Å². The molecule has 0 unspecified atom stereocenters. The van der Waals surface area contributed by atoms with E-state index in [1.54, 1.807) is 12.1 Å². The Kier molecular flexibility index (Phi) is 7.02. The van der Waals surface area contributed by atoms with Crippen molar-refractivity contribution in [1.82, 2.24) is 4.72 Å². The molecule has 1 aromatic rings. The average Bonchev–Trinajstić information content (AvgIpc) is 2.37. The molecule has 0 amide bonds. The highest BCUT2D eigenvalue weighted by atomic mass is 32.2. The fourth-order valence-corrected chi connectivity index (χ4v) is 3.17. The minimum absolute atomic E-state index is 0.0557. The predicted molar refractivity (Wildman–Crippen MR) is 81.2 cm³/mol. The SMILES string of the molecule is CC(C)CCCCCCNS(=O)(=O)c1ccccc1O. The van der Waals surface area contributed by atoms with Gasteiger partial charge in [0, 0.05) is 6.54 Å². The smallest absolute Gasteiger partial charge is 0.244 e. The first-order valence-corrected chi connectivity index (χ1v) is 8.69. The van der Waals surface area contributed by atoms with Crippen LogP contribution in [0.25, 0.3) is 0 Å². The summed E-state index contributed by atoms with van der Waals surface area (Å²) < 4.78 is 26.4. The van der Waals surface area contributed by atoms with Crippen LogP contribution < -0.4 is 4.72 Å². The first-order valence-electron chi connectivity index (χ1n) is 7.21. The molecular formula is C15H25NO3S. The second-order valence-corrected chi connectivity index (χ2v) is 7.20. The largest absolute Gasteiger partial charge is 0.507 e. The summed E-state index contributed by atoms with van der Waals surface area (Å²) in [4.78, 5) is -0.0557. The summed E-state index contributed by atoms with van der Waals surface area (Å²) in [6.45, 7) is 4.83. The molecule has 0 saturated carbocycles. The number of rotatable bonds is 9. The third-order valence-corrected chi connectivity index (χ3v) is 4.66. The highest BCUT2D eigenvalue weighted by Crippen LogP contribution is 2.21. The zero-order valence-electron chi connectivity index (χ0n) is 12.3. The molecule has 114 valence electrons. The molecule has 0 aromatic heterocycles. The summed E-state index contributed by atoms with van der Waals surface area (Å²) in [5, 5.41) is 9.55. The topological polar surface area (TPSA) is 66.4 Å². The molecule has 1 rings (SSSR count). The first-order chi connectivity index (χ1) is 9.43. The molecule has 0 aliphatic rings. The Morgan fingerprint density at radius 2 is 1.75 bits per heavy atom. The second-order valence-electron chi connectivity index (χ2n) is 5.46. The van der Waals surface area contributed by atoms with Gasteiger partial charge in [0.05, 0.1) is 0 Å². The number of benzene rings is 1. The van der Waals surface area contributed by atoms with Crippen LogP contribution in [0.1, 0.15) is 46.0 Å². The van der Waals surface area contributed by atoms with Gasteiger partial charge in [-0.25, -0.2) is 13.1 Å². The lowest BCUT2D eigenvalue weighted by atomic mass is 10.0. The van der Waals surface area contributed by atoms with Crippen LogP contribution in [0.4, 0.5) is 0 Å². The zero-order valence-corrected chi connectivity index (χ0v) is 13.1. The lowest BCUT2D eigenvalue weighted by Gasteiger charge is -2.08. The lowest BCUT2D eigenvalue weighted by molar-refractivity contribution is 0.457. The molecular weight excluding hydrogens is 274 g/mol. The lowest BCUT2D eigenvalue weighted by Crippen LogP contribution is -2.24. The predicted octanol–water partition coefficient (Wildman–Crippen LogP) is 3.28. The summed E-state index contributed by atoms with van der Waals surface area (Å²) in [5.74, 6) is 0.520. The molecule has 0 aliphatic heterocycles. The van der Waals surface area contributed by atoms with E-state index in [-0.39, 0.29) is 10.6 Å². The number of nitrogens with one attached hydrogen (secondary N) is 1. The first kappa shape index (κ1) is 17.0. The molecule has 2 N–H and O–H groups in total. The fourth-order valence-electron chi connectivity index (χ4n) is 2.00. The van der Waals surface area contributed by atoms with Crippen LogP contribution >= 0.6 is 0 Å². The van der Waals surface area contributed by atoms with E-state index in [1.165, 1.54) is 25.0 Å². The van der Waals surface area contributed by atoms with E-state index in [9.17, 15) is 13.5 Å². The van der Waals surface area contributed by atoms with Gasteiger partial charge in [-0.1, -0.05) is 51.7 Å². The standard InChI is InChI=1S/C15H25NO3S/c1-13(2)9-5-3-4-8-12-16-20(18,19)15-11-7-6-10-14(15)17/h6-7,10-11,13,16-17H,3-5,8-9,12H2,1-2H3. The molecule has 0 heterocycles. The van der Waals surface area contributed by atoms with Gasteiger partial charge in [0.2, 0.25) is 10.0 Å². The van der Waals surface area contributed by atoms with Crippen molar-refractivity contribution < 1.29 is 13.5 Å². The van der Waals surface area contributed by atoms with E-state index in [2.05, 4.69) is 18.6 Å². The van der Waals surface area contributed by atoms with Crippen molar-refractivity contribution >= 4 is 10.0 Å². The fraction of sp³-hybridized carbons (Fsp3) is 0.600. The Morgan fingerprint density at radius 3 is 2.40 bits per heavy atom. The maximum atomic E-state index is 12.0. The van der Waals surface area contributed by atoms with Crippen LogP contribution in [0.5, 0.6) is 5.75 Å². The number of para-hydroxylation sites is 1. The van der Waals surface area contributed by atoms with Crippen LogP contribution in [0.2, 0.25) is 0 Å². The third kappa shape index (κ3) is 5.92. The molecule has 0 atom stereocenters. The van der Waals surface area contributed by atoms with Gasteiger partial charge < -0.3 is 5.11 Å². The third-order valence-electron chi connectivity index (χ3n) is 3.16. The van der Waals surface area contributed by atoms with E-state index in [0.29, 0.717) is 6.54 Å². The normalized spacial score (nSPS) is 11.9. The van der Waals surface area contributed by atoms with Gasteiger partial charge >= 0.3 is 0 Å². The van der Waals surface area contributed by atoms with Crippen LogP contribution in [-0.4, -0.2) is 20.1 Å². The van der Waals surface area contributed by atoms with Gasteiger partial charge in [0.15, 0.2) is 0 Å². The van der Waals surface area contributed by atoms with E-state index in [4.69, 9.17) is 0 Å². The number of unbranched alkanes of at least 4 members (excludes halogenated alkanes) is 3. The van der Waals surface area contributed by atoms with Crippen molar-refractivity contribution in [2.45, 2.75) is 50.8 Å². The summed E-state index contributed by atoms with van der Waals surface area (Å²) >= 11 is 0. The van der Waals surface area contributed by atoms with Crippen LogP contribution in [0.15, 0.2) is 29.2 Å². The maximum absolute atomic E-state index is 12.0. The molecule has 1 aromatic carbocycles. The number of sulfonamides is 1. The number of hydrogen-bond donors (Lipinski definition) is 2. The van der Waals surface area contributed by atoms with Crippen LogP contribution in [0, 0.1) is 5.92 Å². The Hall–Kier alpha value is -1.07. The molecule has 0 spiro atoms. The molecule has 5 heteroatoms. The van der Waals surface area contributed by atoms with E-state index < -0.39 is 10.0 Å². The van der Waals surface area contributed by atoms with E-state index in [0.717, 1.165) is 25.2 Å². The Morgan fingerprint density at radius 1 is 1.10 bits per heavy atom. The average molecular weight is 299 g/mol. The van der Waals surface area contributed by atoms with Gasteiger partial charge in [0.1, 0.15) is 10.6 Å². The van der Waals surface area contributed by atoms with Gasteiger partial charge in [-0.3, -0.25) is 0 Å². The maximum Gasteiger partial charge on any atom is 0.244 e. The number of phenolic OH excluding ortho intramolecular Hbond substituents is 1. The summed E-state index contributed by atoms with van der Waals surface area (Å²) in [7, 11) is -3.60. The van der Waals surface area contributed by atoms with Crippen LogP contribution in [0.3, 0.4) is 0 Å². The Bertz CT molecular complexity index is 498. The minimum atomic E-state index is -3.60. The molecule has 0 saturated heterocycles. The molecule has 4 nitrogen and oxygen atoms in total. The summed E-state index contributed by atoms with van der Waals surface area (Å²) in [5.41, 5.74) is 0. The van der Waals surface area contributed by atoms with Crippen molar-refractivity contribution in [2.75, 3.05) is 6.54 Å². The van der Waals surface area contributed by atoms with Crippen molar-refractivity contribution in [3.63, 3.8) is 0 Å². The minimum Gasteiger partial charge on any atom is -0.507 e. The summed E-state index contributed by atoms with van der Waals surface area (Å²) in [6, 6.07) is 5.98. The summed E-state index contributed by atoms with van der Waals surface area (Å²) in [6.07, 6.45) is 5.41. The number of hydrogen-bond acceptors (Lipinski definition) is 3. The molecule has 0 aliphatic carbocycles. The van der Waals surface area contributed by atoms with Crippen molar-refractivity contribution in [1.29, 1.82) is 0 Å². The highest BCUT2D eigenvalue weighted by Gasteiger charge is 2.16. The van der Waals surface area contributed by atoms with Crippen molar-refractivity contribution in [3.8, 4) is 5.75 Å². The monoisotopic (exact) mass is 299 g/mol. The van der Waals surface area contributed by atoms with Gasteiger partial charge in [-0.05, 0) is 24.5 Å². The molecule has 0 bridgehead atoms. The Balaban J connectivity index is 2.29. The van der Waals surface area contributed by atoms with E-state index in [1.807, 2.05) is 0 Å². The number of aromatic hydroxyl groups is 1. The van der Waals surface area contributed by atoms with Gasteiger partial charge in [-0.2, -0.15) is 0 Å². The van der Waals surface area contributed by atoms with Crippen LogP contribution in [-0.2, 0) is 10.0 Å². The highest BCUT2D eigenvalue weighted by molar-refractivity contribution is 7.89. The second kappa shape index (κ2) is 8.27. The van der Waals surface area contributed by atoms with Gasteiger partial charge in [-0.15, -0.1) is 0 Å². The quantitative estimate of drug-likeness (QED) is 0.688. The van der Waals surface area contributed by atoms with E-state index >= 15 is 0 Å². The van der Waals surface area contributed by atoms with Crippen molar-refractivity contribution in [2.24, 2.45) is 5.92 Å². The zero-order chi connectivity index (χ0) is 15.0. The van der Waals surface area contributed by atoms with Gasteiger partial charge in [0.25, 0.3) is 0 Å². The molecule has 20 heavy (non-hydrogen) atoms. The molecule has 0 fully saturated rings. The van der Waals surface area contributed by atoms with Crippen molar-refractivity contribution in [3.05, 3.63) is 24.3 Å². The number of phenols is 1.